The summed E-state index contributed by atoms with van der Waals surface area (Å²) in [6, 6.07) is 5.50. The first-order chi connectivity index (χ1) is 8.11. The van der Waals surface area contributed by atoms with E-state index in [1.54, 1.807) is 13.0 Å². The monoisotopic (exact) mass is 232 g/mol. The summed E-state index contributed by atoms with van der Waals surface area (Å²) in [5, 5.41) is 0. The average molecular weight is 232 g/mol. The van der Waals surface area contributed by atoms with Crippen LogP contribution in [-0.4, -0.2) is 18.4 Å². The lowest BCUT2D eigenvalue weighted by molar-refractivity contribution is -0.137. The van der Waals surface area contributed by atoms with Gasteiger partial charge < -0.3 is 4.74 Å². The van der Waals surface area contributed by atoms with Crippen molar-refractivity contribution in [3.8, 4) is 0 Å². The molecule has 1 aliphatic rings. The Morgan fingerprint density at radius 3 is 2.71 bits per heavy atom. The standard InChI is InChI=1S/C14H16O3/c1-3-17-14(16)13(15)11-5-4-10-6-9(2)7-12(10)8-11/h4-5,8-9H,3,6-7H2,1-2H3. The number of benzene rings is 1. The third kappa shape index (κ3) is 2.38. The minimum atomic E-state index is -0.765. The highest BCUT2D eigenvalue weighted by Crippen LogP contribution is 2.27. The Kier molecular flexibility index (Phi) is 3.27. The van der Waals surface area contributed by atoms with Crippen LogP contribution in [0.5, 0.6) is 0 Å². The van der Waals surface area contributed by atoms with Crippen molar-refractivity contribution in [2.24, 2.45) is 5.92 Å². The van der Waals surface area contributed by atoms with Crippen LogP contribution in [0.15, 0.2) is 18.2 Å². The van der Waals surface area contributed by atoms with Crippen molar-refractivity contribution in [3.05, 3.63) is 34.9 Å². The Morgan fingerprint density at radius 2 is 2.00 bits per heavy atom. The lowest BCUT2D eigenvalue weighted by Crippen LogP contribution is -2.17. The molecule has 0 aromatic heterocycles. The number of rotatable bonds is 3. The van der Waals surface area contributed by atoms with Crippen molar-refractivity contribution in [3.63, 3.8) is 0 Å². The summed E-state index contributed by atoms with van der Waals surface area (Å²) < 4.78 is 4.71. The third-order valence-corrected chi connectivity index (χ3v) is 3.07. The van der Waals surface area contributed by atoms with Crippen LogP contribution < -0.4 is 0 Å². The number of hydrogen-bond donors (Lipinski definition) is 0. The van der Waals surface area contributed by atoms with Crippen molar-refractivity contribution in [2.75, 3.05) is 6.61 Å². The van der Waals surface area contributed by atoms with Crippen LogP contribution in [-0.2, 0) is 22.4 Å². The molecule has 1 aliphatic carbocycles. The van der Waals surface area contributed by atoms with Gasteiger partial charge in [0, 0.05) is 5.56 Å². The second-order valence-electron chi connectivity index (χ2n) is 4.55. The number of ketones is 1. The second-order valence-corrected chi connectivity index (χ2v) is 4.55. The summed E-state index contributed by atoms with van der Waals surface area (Å²) in [6.07, 6.45) is 2.04. The maximum atomic E-state index is 11.7. The Bertz CT molecular complexity index is 463. The smallest absolute Gasteiger partial charge is 0.379 e. The first-order valence-electron chi connectivity index (χ1n) is 5.95. The number of fused-ring (bicyclic) bond motifs is 1. The molecule has 1 atom stereocenters. The molecule has 0 amide bonds. The molecule has 0 N–H and O–H groups in total. The maximum Gasteiger partial charge on any atom is 0.379 e. The molecule has 0 heterocycles. The molecule has 1 aromatic rings. The van der Waals surface area contributed by atoms with Gasteiger partial charge in [-0.1, -0.05) is 19.1 Å². The number of Topliss-reactive ketones (excluding diaryl/α,β-unsaturated/α-hetero) is 1. The zero-order chi connectivity index (χ0) is 12.4. The molecule has 90 valence electrons. The highest BCUT2D eigenvalue weighted by molar-refractivity contribution is 6.40. The minimum Gasteiger partial charge on any atom is -0.460 e. The van der Waals surface area contributed by atoms with Crippen LogP contribution in [0.25, 0.3) is 0 Å². The molecule has 0 radical (unpaired) electrons. The predicted octanol–water partition coefficient (Wildman–Crippen LogP) is 2.17. The lowest BCUT2D eigenvalue weighted by Gasteiger charge is -2.03. The zero-order valence-corrected chi connectivity index (χ0v) is 10.2. The summed E-state index contributed by atoms with van der Waals surface area (Å²) in [6.45, 7) is 4.11. The van der Waals surface area contributed by atoms with Gasteiger partial charge in [-0.3, -0.25) is 4.79 Å². The molecule has 2 rings (SSSR count). The molecule has 0 saturated heterocycles. The van der Waals surface area contributed by atoms with Crippen LogP contribution in [0.1, 0.15) is 35.3 Å². The number of hydrogen-bond acceptors (Lipinski definition) is 3. The van der Waals surface area contributed by atoms with Crippen LogP contribution in [0, 0.1) is 5.92 Å². The summed E-state index contributed by atoms with van der Waals surface area (Å²) in [7, 11) is 0. The van der Waals surface area contributed by atoms with Gasteiger partial charge in [-0.2, -0.15) is 0 Å². The van der Waals surface area contributed by atoms with Crippen LogP contribution >= 0.6 is 0 Å². The van der Waals surface area contributed by atoms with Crippen molar-refractivity contribution in [1.29, 1.82) is 0 Å². The number of ether oxygens (including phenoxy) is 1. The Hall–Kier alpha value is -1.64. The molecule has 0 spiro atoms. The van der Waals surface area contributed by atoms with Gasteiger partial charge in [-0.25, -0.2) is 4.79 Å². The summed E-state index contributed by atoms with van der Waals surface area (Å²) in [5.41, 5.74) is 2.92. The molecule has 0 fully saturated rings. The molecule has 0 saturated carbocycles. The third-order valence-electron chi connectivity index (χ3n) is 3.07. The van der Waals surface area contributed by atoms with E-state index in [0.717, 1.165) is 12.8 Å². The molecular formula is C14H16O3. The van der Waals surface area contributed by atoms with Gasteiger partial charge >= 0.3 is 5.97 Å². The molecule has 1 aromatic carbocycles. The largest absolute Gasteiger partial charge is 0.460 e. The quantitative estimate of drug-likeness (QED) is 0.455. The van der Waals surface area contributed by atoms with Gasteiger partial charge in [-0.05, 0) is 42.9 Å². The Morgan fingerprint density at radius 1 is 1.29 bits per heavy atom. The SMILES string of the molecule is CCOC(=O)C(=O)c1ccc2c(c1)CC(C)C2. The number of esters is 1. The topological polar surface area (TPSA) is 43.4 Å². The van der Waals surface area contributed by atoms with E-state index >= 15 is 0 Å². The van der Waals surface area contributed by atoms with E-state index in [4.69, 9.17) is 4.74 Å². The van der Waals surface area contributed by atoms with E-state index in [9.17, 15) is 9.59 Å². The first-order valence-corrected chi connectivity index (χ1v) is 5.95. The molecule has 17 heavy (non-hydrogen) atoms. The Balaban J connectivity index is 2.21. The predicted molar refractivity (Wildman–Crippen MR) is 64.0 cm³/mol. The van der Waals surface area contributed by atoms with Crippen molar-refractivity contribution < 1.29 is 14.3 Å². The number of carbonyl (C=O) groups excluding carboxylic acids is 2. The molecule has 3 nitrogen and oxygen atoms in total. The van der Waals surface area contributed by atoms with Crippen molar-refractivity contribution >= 4 is 11.8 Å². The lowest BCUT2D eigenvalue weighted by atomic mass is 10.0. The van der Waals surface area contributed by atoms with E-state index < -0.39 is 11.8 Å². The summed E-state index contributed by atoms with van der Waals surface area (Å²) in [5.74, 6) is -0.689. The molecule has 1 unspecified atom stereocenters. The van der Waals surface area contributed by atoms with Gasteiger partial charge in [0.25, 0.3) is 5.78 Å². The van der Waals surface area contributed by atoms with Crippen LogP contribution in [0.2, 0.25) is 0 Å². The fourth-order valence-corrected chi connectivity index (χ4v) is 2.29. The van der Waals surface area contributed by atoms with E-state index in [1.807, 2.05) is 12.1 Å². The van der Waals surface area contributed by atoms with E-state index in [0.29, 0.717) is 11.5 Å². The van der Waals surface area contributed by atoms with Gasteiger partial charge in [-0.15, -0.1) is 0 Å². The average Bonchev–Trinajstić information content (AvgIpc) is 2.67. The minimum absolute atomic E-state index is 0.229. The summed E-state index contributed by atoms with van der Waals surface area (Å²) in [4.78, 5) is 23.1. The van der Waals surface area contributed by atoms with Crippen LogP contribution in [0.3, 0.4) is 0 Å². The molecule has 3 heteroatoms. The molecule has 0 aliphatic heterocycles. The second kappa shape index (κ2) is 4.70. The van der Waals surface area contributed by atoms with Gasteiger partial charge in [0.1, 0.15) is 0 Å². The van der Waals surface area contributed by atoms with Crippen molar-refractivity contribution in [2.45, 2.75) is 26.7 Å². The molecule has 0 bridgehead atoms. The first kappa shape index (κ1) is 11.8. The van der Waals surface area contributed by atoms with Gasteiger partial charge in [0.15, 0.2) is 0 Å². The van der Waals surface area contributed by atoms with E-state index in [-0.39, 0.29) is 6.61 Å². The van der Waals surface area contributed by atoms with E-state index in [2.05, 4.69) is 6.92 Å². The highest BCUT2D eigenvalue weighted by Gasteiger charge is 2.22. The fraction of sp³-hybridized carbons (Fsp3) is 0.429. The zero-order valence-electron chi connectivity index (χ0n) is 10.2. The van der Waals surface area contributed by atoms with Crippen molar-refractivity contribution in [1.82, 2.24) is 0 Å². The normalized spacial score (nSPS) is 17.6. The fourth-order valence-electron chi connectivity index (χ4n) is 2.29. The van der Waals surface area contributed by atoms with E-state index in [1.165, 1.54) is 11.1 Å². The number of carbonyl (C=O) groups is 2. The maximum absolute atomic E-state index is 11.7. The summed E-state index contributed by atoms with van der Waals surface area (Å²) >= 11 is 0. The van der Waals surface area contributed by atoms with Crippen LogP contribution in [0.4, 0.5) is 0 Å². The highest BCUT2D eigenvalue weighted by atomic mass is 16.5. The molecular weight excluding hydrogens is 216 g/mol. The Labute approximate surface area is 101 Å². The van der Waals surface area contributed by atoms with Gasteiger partial charge in [0.2, 0.25) is 0 Å². The van der Waals surface area contributed by atoms with Gasteiger partial charge in [0.05, 0.1) is 6.61 Å².